The summed E-state index contributed by atoms with van der Waals surface area (Å²) in [5.41, 5.74) is 2.85. The summed E-state index contributed by atoms with van der Waals surface area (Å²) in [4.78, 5) is 5.86. The van der Waals surface area contributed by atoms with Gasteiger partial charge in [0.15, 0.2) is 0 Å². The fourth-order valence-electron chi connectivity index (χ4n) is 2.68. The second-order valence-electron chi connectivity index (χ2n) is 5.17. The maximum absolute atomic E-state index is 4.49. The van der Waals surface area contributed by atoms with E-state index in [9.17, 15) is 0 Å². The van der Waals surface area contributed by atoms with Crippen LogP contribution in [0.1, 0.15) is 40.4 Å². The zero-order chi connectivity index (χ0) is 13.8. The minimum atomic E-state index is 0.426. The van der Waals surface area contributed by atoms with Gasteiger partial charge in [0.05, 0.1) is 0 Å². The van der Waals surface area contributed by atoms with Gasteiger partial charge in [-0.15, -0.1) is 11.3 Å². The van der Waals surface area contributed by atoms with Crippen molar-refractivity contribution >= 4 is 11.3 Å². The Balaban J connectivity index is 1.70. The third kappa shape index (κ3) is 3.08. The van der Waals surface area contributed by atoms with E-state index in [4.69, 9.17) is 0 Å². The molecule has 0 radical (unpaired) electrons. The largest absolute Gasteiger partial charge is 0.313 e. The van der Waals surface area contributed by atoms with Crippen molar-refractivity contribution in [2.24, 2.45) is 0 Å². The molecule has 20 heavy (non-hydrogen) atoms. The summed E-state index contributed by atoms with van der Waals surface area (Å²) in [7, 11) is 0. The van der Waals surface area contributed by atoms with Crippen molar-refractivity contribution in [3.8, 4) is 0 Å². The van der Waals surface area contributed by atoms with E-state index in [1.165, 1.54) is 21.0 Å². The maximum atomic E-state index is 4.49. The molecule has 0 spiro atoms. The highest BCUT2D eigenvalue weighted by atomic mass is 32.1. The summed E-state index contributed by atoms with van der Waals surface area (Å²) in [6, 6.07) is 9.16. The van der Waals surface area contributed by atoms with Gasteiger partial charge in [-0.3, -0.25) is 0 Å². The van der Waals surface area contributed by atoms with Gasteiger partial charge in [-0.25, -0.2) is 4.98 Å². The molecule has 1 unspecified atom stereocenters. The van der Waals surface area contributed by atoms with Gasteiger partial charge >= 0.3 is 0 Å². The first kappa shape index (κ1) is 13.7. The fraction of sp³-hybridized carbons (Fsp3) is 0.438. The zero-order valence-electron chi connectivity index (χ0n) is 11.9. The molecule has 0 fully saturated rings. The molecule has 1 atom stereocenters. The molecule has 2 N–H and O–H groups in total. The molecule has 0 bridgehead atoms. The lowest BCUT2D eigenvalue weighted by Gasteiger charge is -2.18. The smallest absolute Gasteiger partial charge is 0.107 e. The lowest BCUT2D eigenvalue weighted by Crippen LogP contribution is -2.22. The number of rotatable bonds is 4. The van der Waals surface area contributed by atoms with Crippen LogP contribution < -0.4 is 10.6 Å². The Kier molecular flexibility index (Phi) is 4.45. The number of benzene rings is 1. The zero-order valence-corrected chi connectivity index (χ0v) is 12.7. The lowest BCUT2D eigenvalue weighted by atomic mass is 9.99. The van der Waals surface area contributed by atoms with E-state index in [2.05, 4.69) is 46.8 Å². The first-order valence-electron chi connectivity index (χ1n) is 7.32. The van der Waals surface area contributed by atoms with Gasteiger partial charge in [-0.1, -0.05) is 31.2 Å². The normalized spacial score (nSPS) is 18.6. The minimum absolute atomic E-state index is 0.426. The van der Waals surface area contributed by atoms with E-state index < -0.39 is 0 Å². The molecule has 0 aliphatic carbocycles. The van der Waals surface area contributed by atoms with Crippen LogP contribution >= 0.6 is 11.3 Å². The van der Waals surface area contributed by atoms with Crippen molar-refractivity contribution < 1.29 is 0 Å². The molecule has 0 amide bonds. The van der Waals surface area contributed by atoms with Crippen molar-refractivity contribution in [3.05, 3.63) is 51.5 Å². The van der Waals surface area contributed by atoms with Crippen LogP contribution in [0.15, 0.2) is 30.5 Å². The fourth-order valence-corrected chi connectivity index (χ4v) is 3.49. The van der Waals surface area contributed by atoms with Crippen LogP contribution in [-0.2, 0) is 19.5 Å². The van der Waals surface area contributed by atoms with Crippen molar-refractivity contribution in [1.29, 1.82) is 0 Å². The number of aryl methyl sites for hydroxylation is 1. The molecule has 0 saturated heterocycles. The SMILES string of the molecule is CCc1cnc(CNC2CCNCc3ccccc32)s1. The Labute approximate surface area is 124 Å². The number of nitrogens with one attached hydrogen (secondary N) is 2. The molecule has 2 heterocycles. The Morgan fingerprint density at radius 3 is 3.15 bits per heavy atom. The van der Waals surface area contributed by atoms with Crippen molar-refractivity contribution in [1.82, 2.24) is 15.6 Å². The monoisotopic (exact) mass is 287 g/mol. The second kappa shape index (κ2) is 6.48. The number of hydrogen-bond acceptors (Lipinski definition) is 4. The molecule has 1 aliphatic rings. The van der Waals surface area contributed by atoms with E-state index in [1.807, 2.05) is 17.5 Å². The van der Waals surface area contributed by atoms with Gasteiger partial charge in [0, 0.05) is 30.2 Å². The van der Waals surface area contributed by atoms with Crippen LogP contribution in [0.25, 0.3) is 0 Å². The summed E-state index contributed by atoms with van der Waals surface area (Å²) >= 11 is 1.82. The summed E-state index contributed by atoms with van der Waals surface area (Å²) < 4.78 is 0. The number of hydrogen-bond donors (Lipinski definition) is 2. The summed E-state index contributed by atoms with van der Waals surface area (Å²) in [5.74, 6) is 0. The summed E-state index contributed by atoms with van der Waals surface area (Å²) in [6.07, 6.45) is 4.21. The Hall–Kier alpha value is -1.23. The van der Waals surface area contributed by atoms with Crippen LogP contribution in [0.5, 0.6) is 0 Å². The molecule has 4 heteroatoms. The summed E-state index contributed by atoms with van der Waals surface area (Å²) in [5, 5.41) is 8.36. The van der Waals surface area contributed by atoms with Crippen LogP contribution in [0.3, 0.4) is 0 Å². The van der Waals surface area contributed by atoms with E-state index in [1.54, 1.807) is 0 Å². The minimum Gasteiger partial charge on any atom is -0.313 e. The number of nitrogens with zero attached hydrogens (tertiary/aromatic N) is 1. The van der Waals surface area contributed by atoms with Crippen LogP contribution in [0.2, 0.25) is 0 Å². The molecular formula is C16H21N3S. The molecule has 2 aromatic rings. The second-order valence-corrected chi connectivity index (χ2v) is 6.37. The molecule has 3 rings (SSSR count). The van der Waals surface area contributed by atoms with Gasteiger partial charge < -0.3 is 10.6 Å². The molecule has 106 valence electrons. The Bertz CT molecular complexity index is 564. The molecule has 3 nitrogen and oxygen atoms in total. The van der Waals surface area contributed by atoms with Gasteiger partial charge in [0.25, 0.3) is 0 Å². The molecular weight excluding hydrogens is 266 g/mol. The average Bonchev–Trinajstić information content (AvgIpc) is 2.85. The average molecular weight is 287 g/mol. The third-order valence-corrected chi connectivity index (χ3v) is 4.95. The number of aromatic nitrogens is 1. The molecule has 1 aromatic heterocycles. The van der Waals surface area contributed by atoms with Crippen LogP contribution in [0.4, 0.5) is 0 Å². The summed E-state index contributed by atoms with van der Waals surface area (Å²) in [6.45, 7) is 5.08. The highest BCUT2D eigenvalue weighted by Gasteiger charge is 2.17. The lowest BCUT2D eigenvalue weighted by molar-refractivity contribution is 0.495. The van der Waals surface area contributed by atoms with Crippen molar-refractivity contribution in [2.45, 2.75) is 38.9 Å². The first-order chi connectivity index (χ1) is 9.86. The topological polar surface area (TPSA) is 37.0 Å². The van der Waals surface area contributed by atoms with Gasteiger partial charge in [0.1, 0.15) is 5.01 Å². The van der Waals surface area contributed by atoms with Crippen molar-refractivity contribution in [3.63, 3.8) is 0 Å². The van der Waals surface area contributed by atoms with E-state index in [-0.39, 0.29) is 0 Å². The number of fused-ring (bicyclic) bond motifs is 1. The van der Waals surface area contributed by atoms with Gasteiger partial charge in [0.2, 0.25) is 0 Å². The van der Waals surface area contributed by atoms with Crippen molar-refractivity contribution in [2.75, 3.05) is 6.54 Å². The standard InChI is InChI=1S/C16H21N3S/c1-2-13-10-19-16(20-13)11-18-15-7-8-17-9-12-5-3-4-6-14(12)15/h3-6,10,15,17-18H,2,7-9,11H2,1H3. The van der Waals surface area contributed by atoms with E-state index in [0.717, 1.165) is 32.5 Å². The predicted molar refractivity (Wildman–Crippen MR) is 83.8 cm³/mol. The van der Waals surface area contributed by atoms with E-state index in [0.29, 0.717) is 6.04 Å². The van der Waals surface area contributed by atoms with E-state index >= 15 is 0 Å². The maximum Gasteiger partial charge on any atom is 0.107 e. The van der Waals surface area contributed by atoms with Crippen LogP contribution in [0, 0.1) is 0 Å². The molecule has 1 aliphatic heterocycles. The van der Waals surface area contributed by atoms with Crippen LogP contribution in [-0.4, -0.2) is 11.5 Å². The molecule has 0 saturated carbocycles. The highest BCUT2D eigenvalue weighted by Crippen LogP contribution is 2.24. The molecule has 1 aromatic carbocycles. The van der Waals surface area contributed by atoms with Gasteiger partial charge in [-0.05, 0) is 30.5 Å². The Morgan fingerprint density at radius 2 is 2.30 bits per heavy atom. The van der Waals surface area contributed by atoms with Gasteiger partial charge in [-0.2, -0.15) is 0 Å². The predicted octanol–water partition coefficient (Wildman–Crippen LogP) is 3.03. The third-order valence-electron chi connectivity index (χ3n) is 3.81. The first-order valence-corrected chi connectivity index (χ1v) is 8.14. The Morgan fingerprint density at radius 1 is 1.40 bits per heavy atom. The quantitative estimate of drug-likeness (QED) is 0.907. The highest BCUT2D eigenvalue weighted by molar-refractivity contribution is 7.11. The number of thiazole rings is 1.